The third-order valence-corrected chi connectivity index (χ3v) is 3.31. The smallest absolute Gasteiger partial charge is 0.259 e. The van der Waals surface area contributed by atoms with Gasteiger partial charge in [0, 0.05) is 32.2 Å². The van der Waals surface area contributed by atoms with Gasteiger partial charge in [-0.3, -0.25) is 9.69 Å². The molecule has 5 heteroatoms. The molecule has 0 saturated carbocycles. The third-order valence-electron chi connectivity index (χ3n) is 3.31. The van der Waals surface area contributed by atoms with Crippen LogP contribution in [0.3, 0.4) is 0 Å². The lowest BCUT2D eigenvalue weighted by molar-refractivity contribution is -0.144. The van der Waals surface area contributed by atoms with Crippen molar-refractivity contribution in [1.82, 2.24) is 9.80 Å². The lowest BCUT2D eigenvalue weighted by Crippen LogP contribution is -2.55. The molecule has 1 aliphatic heterocycles. The Hall–Kier alpha value is -0.680. The molecule has 1 rings (SSSR count). The summed E-state index contributed by atoms with van der Waals surface area (Å²) in [6.45, 7) is 7.27. The van der Waals surface area contributed by atoms with Crippen LogP contribution in [-0.2, 0) is 4.79 Å². The zero-order valence-corrected chi connectivity index (χ0v) is 10.9. The van der Waals surface area contributed by atoms with Crippen LogP contribution in [0.25, 0.3) is 0 Å². The average Bonchev–Trinajstić information content (AvgIpc) is 2.29. The van der Waals surface area contributed by atoms with Crippen LogP contribution in [0.4, 0.5) is 4.39 Å². The molecule has 1 unspecified atom stereocenters. The number of hydrogen-bond donors (Lipinski definition) is 1. The van der Waals surface area contributed by atoms with Crippen molar-refractivity contribution in [1.29, 1.82) is 0 Å². The van der Waals surface area contributed by atoms with Crippen molar-refractivity contribution in [2.24, 2.45) is 0 Å². The molecular formula is C12H23FN2O2. The zero-order chi connectivity index (χ0) is 13.1. The fraction of sp³-hybridized carbons (Fsp3) is 0.917. The first-order chi connectivity index (χ1) is 7.90. The van der Waals surface area contributed by atoms with Crippen LogP contribution in [0.15, 0.2) is 0 Å². The van der Waals surface area contributed by atoms with E-state index < -0.39 is 11.6 Å². The van der Waals surface area contributed by atoms with Gasteiger partial charge in [-0.15, -0.1) is 0 Å². The van der Waals surface area contributed by atoms with E-state index >= 15 is 0 Å². The summed E-state index contributed by atoms with van der Waals surface area (Å²) in [6.07, 6.45) is 0.888. The van der Waals surface area contributed by atoms with Gasteiger partial charge in [-0.05, 0) is 20.3 Å². The van der Waals surface area contributed by atoms with Crippen molar-refractivity contribution in [2.45, 2.75) is 38.9 Å². The van der Waals surface area contributed by atoms with E-state index in [1.54, 1.807) is 4.90 Å². The Kier molecular flexibility index (Phi) is 4.89. The SMILES string of the molecule is CCC(CO)N1CCN(C(=O)C(C)(C)F)CC1. The Morgan fingerprint density at radius 3 is 2.24 bits per heavy atom. The zero-order valence-electron chi connectivity index (χ0n) is 10.9. The lowest BCUT2D eigenvalue weighted by Gasteiger charge is -2.39. The van der Waals surface area contributed by atoms with Crippen molar-refractivity contribution in [3.8, 4) is 0 Å². The van der Waals surface area contributed by atoms with Crippen molar-refractivity contribution < 1.29 is 14.3 Å². The highest BCUT2D eigenvalue weighted by molar-refractivity contribution is 5.84. The molecule has 1 fully saturated rings. The number of piperazine rings is 1. The van der Waals surface area contributed by atoms with Crippen LogP contribution in [0.2, 0.25) is 0 Å². The van der Waals surface area contributed by atoms with Crippen LogP contribution < -0.4 is 0 Å². The first-order valence-electron chi connectivity index (χ1n) is 6.23. The molecule has 0 radical (unpaired) electrons. The molecule has 1 amide bonds. The number of carbonyl (C=O) groups excluding carboxylic acids is 1. The molecule has 1 atom stereocenters. The van der Waals surface area contributed by atoms with Crippen LogP contribution in [-0.4, -0.2) is 65.3 Å². The predicted octanol–water partition coefficient (Wildman–Crippen LogP) is 0.650. The van der Waals surface area contributed by atoms with Gasteiger partial charge < -0.3 is 10.0 Å². The molecule has 0 bridgehead atoms. The van der Waals surface area contributed by atoms with E-state index in [1.807, 2.05) is 6.92 Å². The molecule has 0 aromatic carbocycles. The van der Waals surface area contributed by atoms with Gasteiger partial charge in [-0.25, -0.2) is 4.39 Å². The number of nitrogens with zero attached hydrogens (tertiary/aromatic N) is 2. The summed E-state index contributed by atoms with van der Waals surface area (Å²) >= 11 is 0. The van der Waals surface area contributed by atoms with Crippen molar-refractivity contribution >= 4 is 5.91 Å². The molecule has 100 valence electrons. The number of rotatable bonds is 4. The van der Waals surface area contributed by atoms with Crippen LogP contribution in [0, 0.1) is 0 Å². The lowest BCUT2D eigenvalue weighted by atomic mass is 10.1. The van der Waals surface area contributed by atoms with Gasteiger partial charge in [0.05, 0.1) is 6.61 Å². The molecule has 1 saturated heterocycles. The molecule has 0 aromatic heterocycles. The van der Waals surface area contributed by atoms with E-state index in [-0.39, 0.29) is 12.6 Å². The van der Waals surface area contributed by atoms with Crippen molar-refractivity contribution in [3.05, 3.63) is 0 Å². The summed E-state index contributed by atoms with van der Waals surface area (Å²) in [5.41, 5.74) is -1.79. The van der Waals surface area contributed by atoms with Crippen molar-refractivity contribution in [2.75, 3.05) is 32.8 Å². The molecule has 1 aliphatic rings. The highest BCUT2D eigenvalue weighted by Gasteiger charge is 2.34. The van der Waals surface area contributed by atoms with Gasteiger partial charge in [0.1, 0.15) is 0 Å². The highest BCUT2D eigenvalue weighted by Crippen LogP contribution is 2.16. The second-order valence-electron chi connectivity index (χ2n) is 5.05. The topological polar surface area (TPSA) is 43.8 Å². The summed E-state index contributed by atoms with van der Waals surface area (Å²) < 4.78 is 13.5. The second-order valence-corrected chi connectivity index (χ2v) is 5.05. The maximum absolute atomic E-state index is 13.5. The second kappa shape index (κ2) is 5.78. The maximum atomic E-state index is 13.5. The highest BCUT2D eigenvalue weighted by atomic mass is 19.1. The molecule has 17 heavy (non-hydrogen) atoms. The normalized spacial score (nSPS) is 20.4. The molecular weight excluding hydrogens is 223 g/mol. The van der Waals surface area contributed by atoms with Gasteiger partial charge in [0.25, 0.3) is 5.91 Å². The van der Waals surface area contributed by atoms with Gasteiger partial charge in [0.15, 0.2) is 5.67 Å². The molecule has 4 nitrogen and oxygen atoms in total. The summed E-state index contributed by atoms with van der Waals surface area (Å²) in [5.74, 6) is -0.436. The van der Waals surface area contributed by atoms with Gasteiger partial charge >= 0.3 is 0 Å². The number of halogens is 1. The Bertz CT molecular complexity index is 254. The average molecular weight is 246 g/mol. The summed E-state index contributed by atoms with van der Waals surface area (Å²) in [5, 5.41) is 9.20. The number of aliphatic hydroxyl groups is 1. The van der Waals surface area contributed by atoms with Gasteiger partial charge in [-0.1, -0.05) is 6.92 Å². The Morgan fingerprint density at radius 1 is 1.35 bits per heavy atom. The first kappa shape index (κ1) is 14.4. The molecule has 0 aliphatic carbocycles. The monoisotopic (exact) mass is 246 g/mol. The Balaban J connectivity index is 2.48. The van der Waals surface area contributed by atoms with E-state index in [4.69, 9.17) is 0 Å². The minimum absolute atomic E-state index is 0.138. The summed E-state index contributed by atoms with van der Waals surface area (Å²) in [7, 11) is 0. The Labute approximate surface area is 102 Å². The van der Waals surface area contributed by atoms with E-state index in [0.717, 1.165) is 6.42 Å². The van der Waals surface area contributed by atoms with E-state index in [2.05, 4.69) is 4.90 Å². The molecule has 1 N–H and O–H groups in total. The Morgan fingerprint density at radius 2 is 1.88 bits per heavy atom. The fourth-order valence-electron chi connectivity index (χ4n) is 2.17. The molecule has 0 aromatic rings. The third kappa shape index (κ3) is 3.64. The quantitative estimate of drug-likeness (QED) is 0.792. The fourth-order valence-corrected chi connectivity index (χ4v) is 2.17. The minimum Gasteiger partial charge on any atom is -0.395 e. The van der Waals surface area contributed by atoms with Crippen LogP contribution in [0.1, 0.15) is 27.2 Å². The number of carbonyl (C=O) groups is 1. The molecule has 0 spiro atoms. The van der Waals surface area contributed by atoms with Crippen LogP contribution >= 0.6 is 0 Å². The predicted molar refractivity (Wildman–Crippen MR) is 64.5 cm³/mol. The largest absolute Gasteiger partial charge is 0.395 e. The van der Waals surface area contributed by atoms with Gasteiger partial charge in [0.2, 0.25) is 0 Å². The van der Waals surface area contributed by atoms with E-state index in [9.17, 15) is 14.3 Å². The minimum atomic E-state index is -1.79. The first-order valence-corrected chi connectivity index (χ1v) is 6.23. The number of hydrogen-bond acceptors (Lipinski definition) is 3. The van der Waals surface area contributed by atoms with E-state index in [0.29, 0.717) is 26.2 Å². The number of amides is 1. The van der Waals surface area contributed by atoms with Crippen LogP contribution in [0.5, 0.6) is 0 Å². The number of aliphatic hydroxyl groups excluding tert-OH is 1. The van der Waals surface area contributed by atoms with E-state index in [1.165, 1.54) is 13.8 Å². The summed E-state index contributed by atoms with van der Waals surface area (Å²) in [6, 6.07) is 0.158. The van der Waals surface area contributed by atoms with Crippen molar-refractivity contribution in [3.63, 3.8) is 0 Å². The maximum Gasteiger partial charge on any atom is 0.259 e. The summed E-state index contributed by atoms with van der Waals surface area (Å²) in [4.78, 5) is 15.5. The molecule has 1 heterocycles. The number of alkyl halides is 1. The standard InChI is InChI=1S/C12H23FN2O2/c1-4-10(9-16)14-5-7-15(8-6-14)11(17)12(2,3)13/h10,16H,4-9H2,1-3H3. The van der Waals surface area contributed by atoms with Gasteiger partial charge in [-0.2, -0.15) is 0 Å².